The fourth-order valence-electron chi connectivity index (χ4n) is 4.50. The van der Waals surface area contributed by atoms with E-state index >= 15 is 0 Å². The number of amides is 2. The Bertz CT molecular complexity index is 888. The predicted molar refractivity (Wildman–Crippen MR) is 121 cm³/mol. The highest BCUT2D eigenvalue weighted by Crippen LogP contribution is 2.26. The van der Waals surface area contributed by atoms with Crippen LogP contribution in [-0.2, 0) is 11.3 Å². The Morgan fingerprint density at radius 1 is 0.900 bits per heavy atom. The zero-order valence-corrected chi connectivity index (χ0v) is 17.8. The lowest BCUT2D eigenvalue weighted by molar-refractivity contribution is -0.119. The van der Waals surface area contributed by atoms with Crippen LogP contribution in [0.15, 0.2) is 48.5 Å². The molecule has 2 heterocycles. The van der Waals surface area contributed by atoms with Crippen molar-refractivity contribution >= 4 is 23.2 Å². The summed E-state index contributed by atoms with van der Waals surface area (Å²) in [6.45, 7) is 3.52. The van der Waals surface area contributed by atoms with Crippen molar-refractivity contribution < 1.29 is 9.59 Å². The number of hydrogen-bond donors (Lipinski definition) is 0. The number of carbonyl (C=O) groups is 2. The summed E-state index contributed by atoms with van der Waals surface area (Å²) in [6.07, 6.45) is 6.38. The summed E-state index contributed by atoms with van der Waals surface area (Å²) < 4.78 is 0. The smallest absolute Gasteiger partial charge is 0.253 e. The van der Waals surface area contributed by atoms with Gasteiger partial charge in [-0.15, -0.1) is 0 Å². The zero-order valence-electron chi connectivity index (χ0n) is 17.8. The second-order valence-electron chi connectivity index (χ2n) is 8.39. The molecule has 0 aromatic heterocycles. The maximum atomic E-state index is 13.0. The molecule has 2 aromatic rings. The largest absolute Gasteiger partial charge is 0.371 e. The Kier molecular flexibility index (Phi) is 6.36. The van der Waals surface area contributed by atoms with Gasteiger partial charge in [0, 0.05) is 56.6 Å². The molecule has 0 bridgehead atoms. The number of rotatable bonds is 5. The fraction of sp³-hybridized carbons (Fsp3) is 0.440. The number of hydrogen-bond acceptors (Lipinski definition) is 3. The van der Waals surface area contributed by atoms with Crippen molar-refractivity contribution in [3.05, 3.63) is 59.7 Å². The van der Waals surface area contributed by atoms with E-state index in [1.165, 1.54) is 30.5 Å². The molecular formula is C25H31N3O2. The molecule has 2 aromatic carbocycles. The van der Waals surface area contributed by atoms with E-state index in [1.54, 1.807) is 4.90 Å². The molecule has 0 saturated carbocycles. The first-order valence-corrected chi connectivity index (χ1v) is 11.1. The Morgan fingerprint density at radius 2 is 1.60 bits per heavy atom. The van der Waals surface area contributed by atoms with Crippen LogP contribution < -0.4 is 9.80 Å². The summed E-state index contributed by atoms with van der Waals surface area (Å²) in [5, 5.41) is 0. The SMILES string of the molecule is CN(Cc1ccccc1N1CCCCC1)C(=O)c1ccc(N2CCCCC2=O)cc1. The van der Waals surface area contributed by atoms with Gasteiger partial charge in [-0.1, -0.05) is 18.2 Å². The van der Waals surface area contributed by atoms with E-state index in [0.29, 0.717) is 18.5 Å². The molecule has 158 valence electrons. The Hall–Kier alpha value is -2.82. The third kappa shape index (κ3) is 4.50. The van der Waals surface area contributed by atoms with Crippen molar-refractivity contribution in [1.82, 2.24) is 4.90 Å². The minimum absolute atomic E-state index is 0.0000297. The second-order valence-corrected chi connectivity index (χ2v) is 8.39. The Morgan fingerprint density at radius 3 is 2.33 bits per heavy atom. The summed E-state index contributed by atoms with van der Waals surface area (Å²) in [4.78, 5) is 31.2. The van der Waals surface area contributed by atoms with Crippen LogP contribution in [0.1, 0.15) is 54.4 Å². The number of benzene rings is 2. The van der Waals surface area contributed by atoms with Crippen molar-refractivity contribution in [3.63, 3.8) is 0 Å². The molecular weight excluding hydrogens is 374 g/mol. The summed E-state index contributed by atoms with van der Waals surface area (Å²) in [5.74, 6) is 0.173. The van der Waals surface area contributed by atoms with Gasteiger partial charge < -0.3 is 14.7 Å². The second kappa shape index (κ2) is 9.33. The molecule has 2 aliphatic rings. The maximum absolute atomic E-state index is 13.0. The van der Waals surface area contributed by atoms with Gasteiger partial charge in [0.25, 0.3) is 5.91 Å². The summed E-state index contributed by atoms with van der Waals surface area (Å²) >= 11 is 0. The zero-order chi connectivity index (χ0) is 20.9. The van der Waals surface area contributed by atoms with Gasteiger partial charge in [-0.25, -0.2) is 0 Å². The van der Waals surface area contributed by atoms with Gasteiger partial charge in [-0.3, -0.25) is 9.59 Å². The molecule has 4 rings (SSSR count). The predicted octanol–water partition coefficient (Wildman–Crippen LogP) is 4.47. The lowest BCUT2D eigenvalue weighted by Crippen LogP contribution is -2.35. The molecule has 0 aliphatic carbocycles. The number of para-hydroxylation sites is 1. The topological polar surface area (TPSA) is 43.9 Å². The standard InChI is InChI=1S/C25H31N3O2/c1-26(19-21-9-3-4-10-23(21)27-16-6-2-7-17-27)25(30)20-12-14-22(15-13-20)28-18-8-5-11-24(28)29/h3-4,9-10,12-15H,2,5-8,11,16-19H2,1H3. The molecule has 0 unspecified atom stereocenters. The number of nitrogens with zero attached hydrogens (tertiary/aromatic N) is 3. The van der Waals surface area contributed by atoms with E-state index < -0.39 is 0 Å². The molecule has 2 aliphatic heterocycles. The van der Waals surface area contributed by atoms with Crippen LogP contribution in [0, 0.1) is 0 Å². The van der Waals surface area contributed by atoms with Crippen molar-refractivity contribution in [2.75, 3.05) is 36.5 Å². The average molecular weight is 406 g/mol. The van der Waals surface area contributed by atoms with E-state index in [4.69, 9.17) is 0 Å². The molecule has 5 heteroatoms. The lowest BCUT2D eigenvalue weighted by atomic mass is 10.1. The van der Waals surface area contributed by atoms with Crippen LogP contribution in [0.5, 0.6) is 0 Å². The molecule has 2 saturated heterocycles. The fourth-order valence-corrected chi connectivity index (χ4v) is 4.50. The third-order valence-corrected chi connectivity index (χ3v) is 6.19. The van der Waals surface area contributed by atoms with Crippen molar-refractivity contribution in [2.45, 2.75) is 45.1 Å². The quantitative estimate of drug-likeness (QED) is 0.737. The first-order valence-electron chi connectivity index (χ1n) is 11.1. The van der Waals surface area contributed by atoms with Crippen LogP contribution in [0.3, 0.4) is 0 Å². The molecule has 5 nitrogen and oxygen atoms in total. The molecule has 0 radical (unpaired) electrons. The third-order valence-electron chi connectivity index (χ3n) is 6.19. The monoisotopic (exact) mass is 405 g/mol. The minimum Gasteiger partial charge on any atom is -0.371 e. The molecule has 0 spiro atoms. The molecule has 30 heavy (non-hydrogen) atoms. The number of piperidine rings is 2. The molecule has 0 N–H and O–H groups in total. The summed E-state index contributed by atoms with van der Waals surface area (Å²) in [6, 6.07) is 15.9. The van der Waals surface area contributed by atoms with Gasteiger partial charge in [0.05, 0.1) is 0 Å². The van der Waals surface area contributed by atoms with Crippen molar-refractivity contribution in [3.8, 4) is 0 Å². The first-order chi connectivity index (χ1) is 14.6. The number of anilines is 2. The van der Waals surface area contributed by atoms with Gasteiger partial charge in [-0.05, 0) is 68.0 Å². The average Bonchev–Trinajstić information content (AvgIpc) is 2.80. The highest BCUT2D eigenvalue weighted by Gasteiger charge is 2.21. The van der Waals surface area contributed by atoms with Gasteiger partial charge in [-0.2, -0.15) is 0 Å². The highest BCUT2D eigenvalue weighted by molar-refractivity contribution is 5.97. The summed E-state index contributed by atoms with van der Waals surface area (Å²) in [7, 11) is 1.86. The van der Waals surface area contributed by atoms with Crippen LogP contribution in [0.2, 0.25) is 0 Å². The van der Waals surface area contributed by atoms with Crippen molar-refractivity contribution in [1.29, 1.82) is 0 Å². The van der Waals surface area contributed by atoms with Gasteiger partial charge in [0.15, 0.2) is 0 Å². The lowest BCUT2D eigenvalue weighted by Gasteiger charge is -2.31. The highest BCUT2D eigenvalue weighted by atomic mass is 16.2. The van der Waals surface area contributed by atoms with Crippen LogP contribution in [0.25, 0.3) is 0 Å². The van der Waals surface area contributed by atoms with E-state index in [2.05, 4.69) is 23.1 Å². The Labute approximate surface area is 179 Å². The molecule has 0 atom stereocenters. The summed E-state index contributed by atoms with van der Waals surface area (Å²) in [5.41, 5.74) is 3.97. The van der Waals surface area contributed by atoms with E-state index in [-0.39, 0.29) is 11.8 Å². The normalized spacial score (nSPS) is 17.2. The van der Waals surface area contributed by atoms with Gasteiger partial charge >= 0.3 is 0 Å². The van der Waals surface area contributed by atoms with E-state index in [0.717, 1.165) is 38.2 Å². The molecule has 2 fully saturated rings. The number of carbonyl (C=O) groups excluding carboxylic acids is 2. The van der Waals surface area contributed by atoms with Crippen molar-refractivity contribution in [2.24, 2.45) is 0 Å². The van der Waals surface area contributed by atoms with Gasteiger partial charge in [0.1, 0.15) is 0 Å². The van der Waals surface area contributed by atoms with Crippen LogP contribution >= 0.6 is 0 Å². The molecule has 2 amide bonds. The van der Waals surface area contributed by atoms with E-state index in [9.17, 15) is 9.59 Å². The minimum atomic E-state index is -0.0000297. The maximum Gasteiger partial charge on any atom is 0.253 e. The Balaban J connectivity index is 1.45. The van der Waals surface area contributed by atoms with Crippen LogP contribution in [-0.4, -0.2) is 43.4 Å². The van der Waals surface area contributed by atoms with Gasteiger partial charge in [0.2, 0.25) is 5.91 Å². The van der Waals surface area contributed by atoms with E-state index in [1.807, 2.05) is 42.3 Å². The van der Waals surface area contributed by atoms with Crippen LogP contribution in [0.4, 0.5) is 11.4 Å². The first kappa shape index (κ1) is 20.5.